The summed E-state index contributed by atoms with van der Waals surface area (Å²) in [7, 11) is 0. The van der Waals surface area contributed by atoms with Gasteiger partial charge in [0.25, 0.3) is 17.7 Å². The molecular formula is C22H16N2O4. The molecule has 0 saturated carbocycles. The monoisotopic (exact) mass is 372 g/mol. The zero-order valence-electron chi connectivity index (χ0n) is 14.8. The van der Waals surface area contributed by atoms with E-state index in [4.69, 9.17) is 0 Å². The van der Waals surface area contributed by atoms with Crippen LogP contribution in [0.1, 0.15) is 36.6 Å². The lowest BCUT2D eigenvalue weighted by Crippen LogP contribution is -2.29. The van der Waals surface area contributed by atoms with Crippen LogP contribution in [0.5, 0.6) is 5.75 Å². The molecule has 1 aliphatic heterocycles. The first-order valence-electron chi connectivity index (χ1n) is 8.68. The van der Waals surface area contributed by atoms with Crippen LogP contribution < -0.4 is 5.32 Å². The lowest BCUT2D eigenvalue weighted by molar-refractivity contribution is 0.0642. The Hall–Kier alpha value is -3.93. The Morgan fingerprint density at radius 2 is 1.54 bits per heavy atom. The van der Waals surface area contributed by atoms with Crippen molar-refractivity contribution in [3.8, 4) is 5.75 Å². The van der Waals surface area contributed by atoms with E-state index in [0.29, 0.717) is 11.3 Å². The number of rotatable bonds is 4. The third-order valence-electron chi connectivity index (χ3n) is 4.56. The number of nitrogens with one attached hydrogen (secondary N) is 1. The Kier molecular flexibility index (Phi) is 4.37. The highest BCUT2D eigenvalue weighted by Crippen LogP contribution is 2.28. The molecule has 0 aromatic heterocycles. The van der Waals surface area contributed by atoms with E-state index in [1.807, 2.05) is 30.3 Å². The lowest BCUT2D eigenvalue weighted by atomic mass is 10.1. The molecule has 0 atom stereocenters. The molecule has 4 rings (SSSR count). The van der Waals surface area contributed by atoms with Gasteiger partial charge in [0, 0.05) is 5.69 Å². The van der Waals surface area contributed by atoms with Crippen molar-refractivity contribution >= 4 is 23.4 Å². The minimum atomic E-state index is -0.504. The van der Waals surface area contributed by atoms with Crippen molar-refractivity contribution in [3.63, 3.8) is 0 Å². The number of imide groups is 1. The number of hydrogen-bond donors (Lipinski definition) is 2. The summed E-state index contributed by atoms with van der Waals surface area (Å²) in [5.41, 5.74) is 1.90. The highest BCUT2D eigenvalue weighted by molar-refractivity contribution is 6.22. The summed E-state index contributed by atoms with van der Waals surface area (Å²) >= 11 is 0. The van der Waals surface area contributed by atoms with Gasteiger partial charge < -0.3 is 10.4 Å². The number of carbonyl (C=O) groups is 3. The van der Waals surface area contributed by atoms with Gasteiger partial charge in [0.2, 0.25) is 0 Å². The number of benzene rings is 3. The normalized spacial score (nSPS) is 12.8. The molecule has 0 saturated heterocycles. The molecule has 28 heavy (non-hydrogen) atoms. The summed E-state index contributed by atoms with van der Waals surface area (Å²) in [6.07, 6.45) is 0. The fourth-order valence-corrected chi connectivity index (χ4v) is 3.14. The van der Waals surface area contributed by atoms with Crippen LogP contribution in [0.3, 0.4) is 0 Å². The third kappa shape index (κ3) is 3.12. The first-order chi connectivity index (χ1) is 13.5. The SMILES string of the molecule is O=C(Nc1ccc2c(c1)C(=O)N(Cc1ccccc1)C2=O)c1ccccc1O. The predicted octanol–water partition coefficient (Wildman–Crippen LogP) is 3.44. The van der Waals surface area contributed by atoms with E-state index in [0.717, 1.165) is 5.56 Å². The molecule has 0 bridgehead atoms. The van der Waals surface area contributed by atoms with Gasteiger partial charge in [0.1, 0.15) is 5.75 Å². The van der Waals surface area contributed by atoms with Crippen LogP contribution in [-0.2, 0) is 6.54 Å². The molecule has 138 valence electrons. The van der Waals surface area contributed by atoms with E-state index in [2.05, 4.69) is 5.32 Å². The van der Waals surface area contributed by atoms with Gasteiger partial charge >= 0.3 is 0 Å². The fourth-order valence-electron chi connectivity index (χ4n) is 3.14. The lowest BCUT2D eigenvalue weighted by Gasteiger charge is -2.13. The summed E-state index contributed by atoms with van der Waals surface area (Å²) in [6, 6.07) is 20.0. The molecule has 0 aliphatic carbocycles. The van der Waals surface area contributed by atoms with Gasteiger partial charge in [0.15, 0.2) is 0 Å². The van der Waals surface area contributed by atoms with Gasteiger partial charge in [-0.05, 0) is 35.9 Å². The zero-order chi connectivity index (χ0) is 19.7. The van der Waals surface area contributed by atoms with E-state index in [1.54, 1.807) is 18.2 Å². The van der Waals surface area contributed by atoms with Crippen LogP contribution >= 0.6 is 0 Å². The van der Waals surface area contributed by atoms with Crippen molar-refractivity contribution in [2.75, 3.05) is 5.32 Å². The predicted molar refractivity (Wildman–Crippen MR) is 103 cm³/mol. The van der Waals surface area contributed by atoms with E-state index in [1.165, 1.54) is 29.2 Å². The Morgan fingerprint density at radius 3 is 2.29 bits per heavy atom. The Balaban J connectivity index is 1.57. The first kappa shape index (κ1) is 17.5. The summed E-state index contributed by atoms with van der Waals surface area (Å²) < 4.78 is 0. The third-order valence-corrected chi connectivity index (χ3v) is 4.56. The van der Waals surface area contributed by atoms with Crippen molar-refractivity contribution in [3.05, 3.63) is 95.1 Å². The van der Waals surface area contributed by atoms with Crippen LogP contribution in [0.25, 0.3) is 0 Å². The van der Waals surface area contributed by atoms with E-state index >= 15 is 0 Å². The topological polar surface area (TPSA) is 86.7 Å². The highest BCUT2D eigenvalue weighted by atomic mass is 16.3. The largest absolute Gasteiger partial charge is 0.507 e. The van der Waals surface area contributed by atoms with Crippen molar-refractivity contribution in [1.29, 1.82) is 0 Å². The van der Waals surface area contributed by atoms with Gasteiger partial charge in [-0.15, -0.1) is 0 Å². The number of hydrogen-bond acceptors (Lipinski definition) is 4. The second kappa shape index (κ2) is 7.00. The second-order valence-corrected chi connectivity index (χ2v) is 6.41. The fraction of sp³-hybridized carbons (Fsp3) is 0.0455. The van der Waals surface area contributed by atoms with E-state index < -0.39 is 11.8 Å². The Labute approximate surface area is 161 Å². The maximum atomic E-state index is 12.7. The number of phenols is 1. The Morgan fingerprint density at radius 1 is 0.857 bits per heavy atom. The smallest absolute Gasteiger partial charge is 0.261 e. The quantitative estimate of drug-likeness (QED) is 0.687. The molecule has 0 radical (unpaired) electrons. The average Bonchev–Trinajstić information content (AvgIpc) is 2.93. The summed E-state index contributed by atoms with van der Waals surface area (Å²) in [5.74, 6) is -1.40. The molecular weight excluding hydrogens is 356 g/mol. The van der Waals surface area contributed by atoms with E-state index in [9.17, 15) is 19.5 Å². The number of anilines is 1. The molecule has 0 fully saturated rings. The summed E-state index contributed by atoms with van der Waals surface area (Å²) in [5, 5.41) is 12.4. The van der Waals surface area contributed by atoms with Crippen LogP contribution in [0, 0.1) is 0 Å². The molecule has 0 spiro atoms. The van der Waals surface area contributed by atoms with Crippen molar-refractivity contribution in [2.24, 2.45) is 0 Å². The molecule has 2 N–H and O–H groups in total. The molecule has 3 amide bonds. The van der Waals surface area contributed by atoms with Gasteiger partial charge in [0.05, 0.1) is 23.2 Å². The minimum absolute atomic E-state index is 0.121. The summed E-state index contributed by atoms with van der Waals surface area (Å²) in [6.45, 7) is 0.187. The standard InChI is InChI=1S/C22H16N2O4/c25-19-9-5-4-8-17(19)20(26)23-15-10-11-16-18(12-15)22(28)24(21(16)27)13-14-6-2-1-3-7-14/h1-12,25H,13H2,(H,23,26). The molecule has 1 aliphatic rings. The van der Waals surface area contributed by atoms with Crippen LogP contribution in [0.15, 0.2) is 72.8 Å². The molecule has 1 heterocycles. The number of fused-ring (bicyclic) bond motifs is 1. The zero-order valence-corrected chi connectivity index (χ0v) is 14.8. The number of phenolic OH excluding ortho intramolecular Hbond substituents is 1. The minimum Gasteiger partial charge on any atom is -0.507 e. The van der Waals surface area contributed by atoms with Crippen molar-refractivity contribution < 1.29 is 19.5 Å². The highest BCUT2D eigenvalue weighted by Gasteiger charge is 2.35. The number of nitrogens with zero attached hydrogens (tertiary/aromatic N) is 1. The van der Waals surface area contributed by atoms with Gasteiger partial charge in [-0.2, -0.15) is 0 Å². The van der Waals surface area contributed by atoms with Gasteiger partial charge in [-0.3, -0.25) is 19.3 Å². The van der Waals surface area contributed by atoms with Gasteiger partial charge in [-0.25, -0.2) is 0 Å². The van der Waals surface area contributed by atoms with Crippen LogP contribution in [0.4, 0.5) is 5.69 Å². The van der Waals surface area contributed by atoms with E-state index in [-0.39, 0.29) is 29.3 Å². The number of amides is 3. The summed E-state index contributed by atoms with van der Waals surface area (Å²) in [4.78, 5) is 38.9. The first-order valence-corrected chi connectivity index (χ1v) is 8.68. The molecule has 6 heteroatoms. The maximum Gasteiger partial charge on any atom is 0.261 e. The number of para-hydroxylation sites is 1. The molecule has 0 unspecified atom stereocenters. The molecule has 3 aromatic carbocycles. The van der Waals surface area contributed by atoms with Crippen LogP contribution in [-0.4, -0.2) is 27.7 Å². The molecule has 6 nitrogen and oxygen atoms in total. The number of aromatic hydroxyl groups is 1. The average molecular weight is 372 g/mol. The number of carbonyl (C=O) groups excluding carboxylic acids is 3. The Bertz CT molecular complexity index is 1090. The van der Waals surface area contributed by atoms with Crippen molar-refractivity contribution in [1.82, 2.24) is 4.90 Å². The van der Waals surface area contributed by atoms with Crippen molar-refractivity contribution in [2.45, 2.75) is 6.54 Å². The maximum absolute atomic E-state index is 12.7. The molecule has 3 aromatic rings. The van der Waals surface area contributed by atoms with Gasteiger partial charge in [-0.1, -0.05) is 42.5 Å². The van der Waals surface area contributed by atoms with Crippen LogP contribution in [0.2, 0.25) is 0 Å². The second-order valence-electron chi connectivity index (χ2n) is 6.41.